The van der Waals surface area contributed by atoms with Crippen molar-refractivity contribution in [3.8, 4) is 34.0 Å². The van der Waals surface area contributed by atoms with Gasteiger partial charge in [0.05, 0.1) is 6.54 Å². The number of nitrogens with one attached hydrogen (secondary N) is 1. The first-order valence-corrected chi connectivity index (χ1v) is 11.4. The number of amides is 1. The number of tetrazole rings is 1. The van der Waals surface area contributed by atoms with Crippen molar-refractivity contribution in [2.75, 3.05) is 4.90 Å². The van der Waals surface area contributed by atoms with Gasteiger partial charge in [-0.05, 0) is 54.0 Å². The molecule has 0 atom stereocenters. The van der Waals surface area contributed by atoms with Crippen LogP contribution in [0.3, 0.4) is 0 Å². The number of carbonyl (C=O) groups is 1. The first kappa shape index (κ1) is 20.9. The van der Waals surface area contributed by atoms with Gasteiger partial charge in [0.15, 0.2) is 5.82 Å². The van der Waals surface area contributed by atoms with E-state index in [0.717, 1.165) is 33.8 Å². The van der Waals surface area contributed by atoms with Crippen LogP contribution in [0.2, 0.25) is 0 Å². The van der Waals surface area contributed by atoms with Gasteiger partial charge in [-0.2, -0.15) is 5.21 Å². The van der Waals surface area contributed by atoms with Gasteiger partial charge >= 0.3 is 0 Å². The van der Waals surface area contributed by atoms with Crippen molar-refractivity contribution in [2.45, 2.75) is 26.4 Å². The Morgan fingerprint density at radius 3 is 2.54 bits per heavy atom. The van der Waals surface area contributed by atoms with E-state index in [4.69, 9.17) is 4.98 Å². The van der Waals surface area contributed by atoms with Crippen LogP contribution in [0.5, 0.6) is 0 Å². The molecule has 172 valence electrons. The van der Waals surface area contributed by atoms with E-state index in [1.807, 2.05) is 66.9 Å². The summed E-state index contributed by atoms with van der Waals surface area (Å²) in [5.74, 6) is 1.90. The summed E-state index contributed by atoms with van der Waals surface area (Å²) in [6.07, 6.45) is 3.72. The molecule has 5 aromatic rings. The summed E-state index contributed by atoms with van der Waals surface area (Å²) in [5, 5.41) is 14.1. The van der Waals surface area contributed by atoms with E-state index in [9.17, 15) is 4.79 Å². The third-order valence-corrected chi connectivity index (χ3v) is 6.20. The normalized spacial score (nSPS) is 13.0. The lowest BCUT2D eigenvalue weighted by Crippen LogP contribution is -2.24. The van der Waals surface area contributed by atoms with E-state index in [-0.39, 0.29) is 11.9 Å². The molecule has 9 nitrogen and oxygen atoms in total. The third-order valence-electron chi connectivity index (χ3n) is 6.20. The number of hydrogen-bond donors (Lipinski definition) is 1. The molecule has 1 N–H and O–H groups in total. The summed E-state index contributed by atoms with van der Waals surface area (Å²) in [6, 6.07) is 19.9. The molecule has 0 aliphatic carbocycles. The monoisotopic (exact) mass is 462 g/mol. The summed E-state index contributed by atoms with van der Waals surface area (Å²) >= 11 is 0. The van der Waals surface area contributed by atoms with Gasteiger partial charge in [0, 0.05) is 29.6 Å². The molecule has 6 rings (SSSR count). The molecule has 0 fully saturated rings. The van der Waals surface area contributed by atoms with Crippen LogP contribution >= 0.6 is 0 Å². The molecule has 35 heavy (non-hydrogen) atoms. The maximum absolute atomic E-state index is 13.4. The molecule has 1 aliphatic heterocycles. The first-order valence-electron chi connectivity index (χ1n) is 11.4. The van der Waals surface area contributed by atoms with Crippen molar-refractivity contribution >= 4 is 11.7 Å². The number of benzene rings is 2. The van der Waals surface area contributed by atoms with Crippen LogP contribution in [0.1, 0.15) is 35.8 Å². The summed E-state index contributed by atoms with van der Waals surface area (Å²) in [7, 11) is 0. The fraction of sp³-hybridized carbons (Fsp3) is 0.154. The minimum Gasteiger partial charge on any atom is -0.327 e. The number of rotatable bonds is 5. The zero-order valence-corrected chi connectivity index (χ0v) is 19.3. The zero-order valence-electron chi connectivity index (χ0n) is 19.3. The number of pyridine rings is 1. The molecule has 0 saturated heterocycles. The number of aromatic amines is 1. The smallest absolute Gasteiger partial charge is 0.260 e. The number of hydrogen-bond acceptors (Lipinski definition) is 6. The molecule has 0 bridgehead atoms. The van der Waals surface area contributed by atoms with E-state index in [0.29, 0.717) is 23.8 Å². The number of nitrogens with zero attached hydrogens (tertiary/aromatic N) is 7. The fourth-order valence-corrected chi connectivity index (χ4v) is 4.39. The number of aromatic nitrogens is 7. The van der Waals surface area contributed by atoms with Crippen molar-refractivity contribution < 1.29 is 4.79 Å². The quantitative estimate of drug-likeness (QED) is 0.411. The van der Waals surface area contributed by atoms with Crippen molar-refractivity contribution in [3.05, 3.63) is 84.2 Å². The molecule has 1 aliphatic rings. The molecule has 9 heteroatoms. The highest BCUT2D eigenvalue weighted by atomic mass is 16.2. The van der Waals surface area contributed by atoms with Crippen LogP contribution < -0.4 is 4.90 Å². The van der Waals surface area contributed by atoms with Gasteiger partial charge < -0.3 is 4.57 Å². The molecular formula is C26H22N8O. The minimum atomic E-state index is -0.0536. The lowest BCUT2D eigenvalue weighted by molar-refractivity contribution is 0.0996. The minimum absolute atomic E-state index is 0.0536. The molecule has 0 spiro atoms. The molecule has 4 heterocycles. The summed E-state index contributed by atoms with van der Waals surface area (Å²) in [5.41, 5.74) is 5.27. The molecule has 1 amide bonds. The predicted octanol–water partition coefficient (Wildman–Crippen LogP) is 4.53. The van der Waals surface area contributed by atoms with E-state index in [1.165, 1.54) is 0 Å². The SMILES string of the molecule is CC(C)n1ccnc1-c1cccc(N2Cc3ccc(-c4ccc(-c5nn[nH]n5)cc4)cc3C2=O)n1. The average molecular weight is 463 g/mol. The lowest BCUT2D eigenvalue weighted by Gasteiger charge is -2.16. The predicted molar refractivity (Wildman–Crippen MR) is 131 cm³/mol. The molecule has 2 aromatic carbocycles. The van der Waals surface area contributed by atoms with E-state index in [1.54, 1.807) is 11.1 Å². The Kier molecular flexibility index (Phi) is 4.95. The molecule has 0 radical (unpaired) electrons. The van der Waals surface area contributed by atoms with Crippen LogP contribution in [-0.2, 0) is 6.54 Å². The first-order chi connectivity index (χ1) is 17.1. The Morgan fingerprint density at radius 2 is 1.77 bits per heavy atom. The largest absolute Gasteiger partial charge is 0.327 e. The van der Waals surface area contributed by atoms with Gasteiger partial charge in [-0.15, -0.1) is 10.2 Å². The van der Waals surface area contributed by atoms with Gasteiger partial charge in [-0.1, -0.05) is 42.5 Å². The van der Waals surface area contributed by atoms with E-state index < -0.39 is 0 Å². The number of carbonyl (C=O) groups excluding carboxylic acids is 1. The zero-order chi connectivity index (χ0) is 23.9. The Hall–Kier alpha value is -4.66. The van der Waals surface area contributed by atoms with Crippen LogP contribution in [0.4, 0.5) is 5.82 Å². The highest BCUT2D eigenvalue weighted by Crippen LogP contribution is 2.32. The molecule has 0 unspecified atom stereocenters. The molecule has 0 saturated carbocycles. The maximum atomic E-state index is 13.4. The van der Waals surface area contributed by atoms with Crippen LogP contribution in [0.25, 0.3) is 34.0 Å². The summed E-state index contributed by atoms with van der Waals surface area (Å²) < 4.78 is 2.07. The summed E-state index contributed by atoms with van der Waals surface area (Å²) in [6.45, 7) is 4.69. The van der Waals surface area contributed by atoms with Crippen LogP contribution in [0.15, 0.2) is 73.1 Å². The van der Waals surface area contributed by atoms with Crippen molar-refractivity contribution in [3.63, 3.8) is 0 Å². The Balaban J connectivity index is 1.28. The van der Waals surface area contributed by atoms with Gasteiger partial charge in [0.25, 0.3) is 5.91 Å². The second kappa shape index (κ2) is 8.28. The highest BCUT2D eigenvalue weighted by Gasteiger charge is 2.30. The number of fused-ring (bicyclic) bond motifs is 1. The maximum Gasteiger partial charge on any atom is 0.260 e. The topological polar surface area (TPSA) is 105 Å². The van der Waals surface area contributed by atoms with Crippen LogP contribution in [-0.4, -0.2) is 41.1 Å². The average Bonchev–Trinajstić information content (AvgIpc) is 3.65. The van der Waals surface area contributed by atoms with E-state index in [2.05, 4.69) is 44.0 Å². The highest BCUT2D eigenvalue weighted by molar-refractivity contribution is 6.10. The van der Waals surface area contributed by atoms with Crippen molar-refractivity contribution in [1.82, 2.24) is 35.2 Å². The molecular weight excluding hydrogens is 440 g/mol. The van der Waals surface area contributed by atoms with Crippen LogP contribution in [0, 0.1) is 0 Å². The third kappa shape index (κ3) is 3.67. The second-order valence-corrected chi connectivity index (χ2v) is 8.71. The standard InChI is InChI=1S/C26H22N8O/c1-16(2)33-13-12-27-25(33)22-4-3-5-23(28-22)34-15-20-11-10-19(14-21(20)26(34)35)17-6-8-18(9-7-17)24-29-31-32-30-24/h3-14,16H,15H2,1-2H3,(H,29,30,31,32). The van der Waals surface area contributed by atoms with Gasteiger partial charge in [0.1, 0.15) is 11.5 Å². The van der Waals surface area contributed by atoms with Gasteiger partial charge in [0.2, 0.25) is 5.82 Å². The fourth-order valence-electron chi connectivity index (χ4n) is 4.39. The lowest BCUT2D eigenvalue weighted by atomic mass is 9.99. The molecule has 3 aromatic heterocycles. The van der Waals surface area contributed by atoms with E-state index >= 15 is 0 Å². The number of imidazole rings is 1. The number of anilines is 1. The summed E-state index contributed by atoms with van der Waals surface area (Å²) in [4.78, 5) is 24.4. The van der Waals surface area contributed by atoms with Gasteiger partial charge in [-0.3, -0.25) is 9.69 Å². The Labute approximate surface area is 201 Å². The number of H-pyrrole nitrogens is 1. The van der Waals surface area contributed by atoms with Crippen molar-refractivity contribution in [1.29, 1.82) is 0 Å². The Morgan fingerprint density at radius 1 is 0.971 bits per heavy atom. The Bertz CT molecular complexity index is 1520. The van der Waals surface area contributed by atoms with Crippen molar-refractivity contribution in [2.24, 2.45) is 0 Å². The van der Waals surface area contributed by atoms with Gasteiger partial charge in [-0.25, -0.2) is 9.97 Å². The second-order valence-electron chi connectivity index (χ2n) is 8.71.